The Morgan fingerprint density at radius 1 is 0.947 bits per heavy atom. The number of nitrogens with one attached hydrogen (secondary N) is 1. The van der Waals surface area contributed by atoms with Gasteiger partial charge in [-0.15, -0.1) is 0 Å². The van der Waals surface area contributed by atoms with E-state index in [0.717, 1.165) is 30.8 Å². The van der Waals surface area contributed by atoms with E-state index in [2.05, 4.69) is 5.32 Å². The molecule has 0 fully saturated rings. The SMILES string of the molecule is O=CCNCCc1ccc(Oc2ccccc2)cc1. The lowest BCUT2D eigenvalue weighted by Crippen LogP contribution is -2.19. The average Bonchev–Trinajstić information content (AvgIpc) is 2.46. The van der Waals surface area contributed by atoms with Crippen molar-refractivity contribution >= 4 is 6.29 Å². The van der Waals surface area contributed by atoms with Gasteiger partial charge in [-0.25, -0.2) is 0 Å². The Labute approximate surface area is 113 Å². The van der Waals surface area contributed by atoms with E-state index in [1.54, 1.807) is 0 Å². The van der Waals surface area contributed by atoms with Crippen molar-refractivity contribution in [3.05, 3.63) is 60.2 Å². The van der Waals surface area contributed by atoms with E-state index in [4.69, 9.17) is 4.74 Å². The molecule has 98 valence electrons. The fourth-order valence-corrected chi connectivity index (χ4v) is 1.74. The van der Waals surface area contributed by atoms with Gasteiger partial charge in [0.25, 0.3) is 0 Å². The molecule has 19 heavy (non-hydrogen) atoms. The summed E-state index contributed by atoms with van der Waals surface area (Å²) in [6, 6.07) is 17.7. The molecule has 0 unspecified atom stereocenters. The zero-order chi connectivity index (χ0) is 13.3. The molecule has 0 radical (unpaired) electrons. The van der Waals surface area contributed by atoms with Crippen molar-refractivity contribution < 1.29 is 9.53 Å². The Morgan fingerprint density at radius 2 is 1.63 bits per heavy atom. The Kier molecular flexibility index (Phi) is 5.14. The van der Waals surface area contributed by atoms with Crippen LogP contribution in [0, 0.1) is 0 Å². The Morgan fingerprint density at radius 3 is 2.32 bits per heavy atom. The Hall–Kier alpha value is -2.13. The number of carbonyl (C=O) groups is 1. The van der Waals surface area contributed by atoms with Gasteiger partial charge in [0.1, 0.15) is 17.8 Å². The molecule has 0 bridgehead atoms. The monoisotopic (exact) mass is 255 g/mol. The number of aldehydes is 1. The molecule has 2 aromatic rings. The molecule has 0 aliphatic heterocycles. The van der Waals surface area contributed by atoms with Crippen LogP contribution in [-0.2, 0) is 11.2 Å². The van der Waals surface area contributed by atoms with Crippen LogP contribution in [0.4, 0.5) is 0 Å². The number of para-hydroxylation sites is 1. The van der Waals surface area contributed by atoms with Gasteiger partial charge < -0.3 is 14.8 Å². The lowest BCUT2D eigenvalue weighted by Gasteiger charge is -2.06. The summed E-state index contributed by atoms with van der Waals surface area (Å²) < 4.78 is 5.71. The van der Waals surface area contributed by atoms with Gasteiger partial charge in [-0.3, -0.25) is 0 Å². The lowest BCUT2D eigenvalue weighted by atomic mass is 10.1. The van der Waals surface area contributed by atoms with E-state index < -0.39 is 0 Å². The summed E-state index contributed by atoms with van der Waals surface area (Å²) in [5.41, 5.74) is 1.22. The van der Waals surface area contributed by atoms with E-state index in [9.17, 15) is 4.79 Å². The molecule has 2 rings (SSSR count). The predicted octanol–water partition coefficient (Wildman–Crippen LogP) is 2.81. The standard InChI is InChI=1S/C16H17NO2/c18-13-12-17-11-10-14-6-8-16(9-7-14)19-15-4-2-1-3-5-15/h1-9,13,17H,10-12H2. The molecule has 2 aromatic carbocycles. The summed E-state index contributed by atoms with van der Waals surface area (Å²) >= 11 is 0. The van der Waals surface area contributed by atoms with E-state index in [1.165, 1.54) is 5.56 Å². The molecule has 0 heterocycles. The number of hydrogen-bond donors (Lipinski definition) is 1. The van der Waals surface area contributed by atoms with Crippen LogP contribution in [0.5, 0.6) is 11.5 Å². The summed E-state index contributed by atoms with van der Waals surface area (Å²) in [6.45, 7) is 1.22. The van der Waals surface area contributed by atoms with Crippen molar-refractivity contribution in [2.45, 2.75) is 6.42 Å². The molecule has 0 spiro atoms. The van der Waals surface area contributed by atoms with Crippen LogP contribution in [0.15, 0.2) is 54.6 Å². The number of hydrogen-bond acceptors (Lipinski definition) is 3. The zero-order valence-corrected chi connectivity index (χ0v) is 10.7. The molecule has 0 saturated heterocycles. The van der Waals surface area contributed by atoms with Crippen molar-refractivity contribution in [2.24, 2.45) is 0 Å². The minimum atomic E-state index is 0.412. The normalized spacial score (nSPS) is 10.1. The first-order valence-electron chi connectivity index (χ1n) is 6.34. The van der Waals surface area contributed by atoms with Gasteiger partial charge in [0.05, 0.1) is 6.54 Å². The highest BCUT2D eigenvalue weighted by molar-refractivity contribution is 5.51. The van der Waals surface area contributed by atoms with Crippen LogP contribution in [0.3, 0.4) is 0 Å². The molecule has 1 N–H and O–H groups in total. The summed E-state index contributed by atoms with van der Waals surface area (Å²) in [4.78, 5) is 10.2. The van der Waals surface area contributed by atoms with Gasteiger partial charge in [0.2, 0.25) is 0 Å². The molecule has 0 saturated carbocycles. The smallest absolute Gasteiger partial charge is 0.133 e. The molecular weight excluding hydrogens is 238 g/mol. The molecule has 0 aliphatic carbocycles. The summed E-state index contributed by atoms with van der Waals surface area (Å²) in [6.07, 6.45) is 1.77. The first kappa shape index (κ1) is 13.3. The quantitative estimate of drug-likeness (QED) is 0.610. The lowest BCUT2D eigenvalue weighted by molar-refractivity contribution is -0.107. The second kappa shape index (κ2) is 7.34. The van der Waals surface area contributed by atoms with Crippen LogP contribution >= 0.6 is 0 Å². The highest BCUT2D eigenvalue weighted by atomic mass is 16.5. The van der Waals surface area contributed by atoms with E-state index in [-0.39, 0.29) is 0 Å². The molecular formula is C16H17NO2. The summed E-state index contributed by atoms with van der Waals surface area (Å²) in [5.74, 6) is 1.67. The third kappa shape index (κ3) is 4.56. The molecule has 3 heteroatoms. The van der Waals surface area contributed by atoms with Gasteiger partial charge in [-0.05, 0) is 42.8 Å². The second-order valence-electron chi connectivity index (χ2n) is 4.18. The van der Waals surface area contributed by atoms with Crippen molar-refractivity contribution in [1.29, 1.82) is 0 Å². The van der Waals surface area contributed by atoms with Gasteiger partial charge >= 0.3 is 0 Å². The van der Waals surface area contributed by atoms with Gasteiger partial charge in [0.15, 0.2) is 0 Å². The maximum Gasteiger partial charge on any atom is 0.133 e. The van der Waals surface area contributed by atoms with Crippen LogP contribution < -0.4 is 10.1 Å². The van der Waals surface area contributed by atoms with Crippen molar-refractivity contribution in [3.8, 4) is 11.5 Å². The topological polar surface area (TPSA) is 38.3 Å². The van der Waals surface area contributed by atoms with Gasteiger partial charge in [-0.2, -0.15) is 0 Å². The minimum Gasteiger partial charge on any atom is -0.457 e. The number of carbonyl (C=O) groups excluding carboxylic acids is 1. The highest BCUT2D eigenvalue weighted by Gasteiger charge is 1.97. The minimum absolute atomic E-state index is 0.412. The Bertz CT molecular complexity index is 494. The van der Waals surface area contributed by atoms with Crippen LogP contribution in [0.1, 0.15) is 5.56 Å². The van der Waals surface area contributed by atoms with Gasteiger partial charge in [-0.1, -0.05) is 30.3 Å². The van der Waals surface area contributed by atoms with Crippen LogP contribution in [-0.4, -0.2) is 19.4 Å². The average molecular weight is 255 g/mol. The fourth-order valence-electron chi connectivity index (χ4n) is 1.74. The second-order valence-corrected chi connectivity index (χ2v) is 4.18. The molecule has 0 aliphatic rings. The molecule has 0 atom stereocenters. The summed E-state index contributed by atoms with van der Waals surface area (Å²) in [5, 5.41) is 3.04. The fraction of sp³-hybridized carbons (Fsp3) is 0.188. The highest BCUT2D eigenvalue weighted by Crippen LogP contribution is 2.21. The molecule has 0 aromatic heterocycles. The summed E-state index contributed by atoms with van der Waals surface area (Å²) in [7, 11) is 0. The van der Waals surface area contributed by atoms with Crippen molar-refractivity contribution in [2.75, 3.05) is 13.1 Å². The van der Waals surface area contributed by atoms with E-state index in [1.807, 2.05) is 54.6 Å². The Balaban J connectivity index is 1.86. The maximum atomic E-state index is 10.2. The number of benzene rings is 2. The first-order valence-corrected chi connectivity index (χ1v) is 6.34. The molecule has 0 amide bonds. The predicted molar refractivity (Wildman–Crippen MR) is 75.6 cm³/mol. The number of rotatable bonds is 7. The van der Waals surface area contributed by atoms with E-state index in [0.29, 0.717) is 6.54 Å². The maximum absolute atomic E-state index is 10.2. The molecule has 3 nitrogen and oxygen atoms in total. The largest absolute Gasteiger partial charge is 0.457 e. The van der Waals surface area contributed by atoms with Crippen LogP contribution in [0.25, 0.3) is 0 Å². The first-order chi connectivity index (χ1) is 9.38. The van der Waals surface area contributed by atoms with Gasteiger partial charge in [0, 0.05) is 0 Å². The third-order valence-corrected chi connectivity index (χ3v) is 2.72. The van der Waals surface area contributed by atoms with Crippen molar-refractivity contribution in [3.63, 3.8) is 0 Å². The van der Waals surface area contributed by atoms with Crippen molar-refractivity contribution in [1.82, 2.24) is 5.32 Å². The number of ether oxygens (including phenoxy) is 1. The zero-order valence-electron chi connectivity index (χ0n) is 10.7. The third-order valence-electron chi connectivity index (χ3n) is 2.72. The van der Waals surface area contributed by atoms with E-state index >= 15 is 0 Å². The van der Waals surface area contributed by atoms with Crippen LogP contribution in [0.2, 0.25) is 0 Å².